The first-order chi connectivity index (χ1) is 14.9. The Hall–Kier alpha value is -2.93. The van der Waals surface area contributed by atoms with E-state index in [-0.39, 0.29) is 17.6 Å². The third-order valence-electron chi connectivity index (χ3n) is 5.72. The van der Waals surface area contributed by atoms with E-state index < -0.39 is 17.2 Å². The number of anilines is 1. The normalized spacial score (nSPS) is 16.3. The van der Waals surface area contributed by atoms with Crippen molar-refractivity contribution >= 4 is 17.6 Å². The summed E-state index contributed by atoms with van der Waals surface area (Å²) in [5, 5.41) is 2.87. The van der Waals surface area contributed by atoms with Crippen molar-refractivity contribution in [3.8, 4) is 5.75 Å². The molecule has 0 bridgehead atoms. The molecule has 1 N–H and O–H groups in total. The molecule has 0 unspecified atom stereocenters. The Morgan fingerprint density at radius 2 is 1.90 bits per heavy atom. The van der Waals surface area contributed by atoms with Crippen LogP contribution >= 0.6 is 0 Å². The average molecular weight is 429 g/mol. The lowest BCUT2D eigenvalue weighted by molar-refractivity contribution is -0.125. The van der Waals surface area contributed by atoms with Gasteiger partial charge in [0.1, 0.15) is 17.1 Å². The molecule has 2 aromatic rings. The van der Waals surface area contributed by atoms with Gasteiger partial charge in [0.05, 0.1) is 18.6 Å². The van der Waals surface area contributed by atoms with Gasteiger partial charge < -0.3 is 19.5 Å². The minimum absolute atomic E-state index is 0.0876. The number of nitrogens with one attached hydrogen (secondary N) is 1. The highest BCUT2D eigenvalue weighted by molar-refractivity contribution is 6.01. The number of hydrogen-bond donors (Lipinski definition) is 1. The van der Waals surface area contributed by atoms with Gasteiger partial charge in [-0.1, -0.05) is 25.1 Å². The van der Waals surface area contributed by atoms with Crippen LogP contribution in [0.4, 0.5) is 10.1 Å². The number of halogens is 1. The molecule has 7 heteroatoms. The smallest absolute Gasteiger partial charge is 0.341 e. The number of ether oxygens (including phenoxy) is 3. The Labute approximate surface area is 181 Å². The van der Waals surface area contributed by atoms with E-state index in [4.69, 9.17) is 14.2 Å². The summed E-state index contributed by atoms with van der Waals surface area (Å²) in [5.74, 6) is -0.947. The molecule has 3 rings (SSSR count). The van der Waals surface area contributed by atoms with Gasteiger partial charge in [-0.3, -0.25) is 4.79 Å². The molecule has 1 saturated heterocycles. The quantitative estimate of drug-likeness (QED) is 0.657. The van der Waals surface area contributed by atoms with Crippen LogP contribution in [0.25, 0.3) is 0 Å². The van der Waals surface area contributed by atoms with Crippen LogP contribution in [-0.4, -0.2) is 38.3 Å². The van der Waals surface area contributed by atoms with Gasteiger partial charge in [-0.2, -0.15) is 0 Å². The van der Waals surface area contributed by atoms with E-state index >= 15 is 0 Å². The predicted octanol–water partition coefficient (Wildman–Crippen LogP) is 4.48. The average Bonchev–Trinajstić information content (AvgIpc) is 2.80. The SMILES string of the molecule is CC[C@H](C)Oc1ccc(NC(=O)C2(c3ccccc3F)CCOCC2)cc1C(=O)OC. The zero-order chi connectivity index (χ0) is 22.4. The maximum Gasteiger partial charge on any atom is 0.341 e. The maximum absolute atomic E-state index is 14.6. The number of rotatable bonds is 7. The van der Waals surface area contributed by atoms with Gasteiger partial charge >= 0.3 is 5.97 Å². The summed E-state index contributed by atoms with van der Waals surface area (Å²) in [5.41, 5.74) is -0.0849. The van der Waals surface area contributed by atoms with Gasteiger partial charge in [0.25, 0.3) is 0 Å². The number of esters is 1. The summed E-state index contributed by atoms with van der Waals surface area (Å²) in [6, 6.07) is 11.1. The molecule has 2 aromatic carbocycles. The summed E-state index contributed by atoms with van der Waals surface area (Å²) in [6.07, 6.45) is 1.40. The lowest BCUT2D eigenvalue weighted by atomic mass is 9.73. The summed E-state index contributed by atoms with van der Waals surface area (Å²) in [6.45, 7) is 4.60. The van der Waals surface area contributed by atoms with Crippen molar-refractivity contribution in [1.29, 1.82) is 0 Å². The van der Waals surface area contributed by atoms with Gasteiger partial charge in [-0.25, -0.2) is 9.18 Å². The van der Waals surface area contributed by atoms with E-state index in [1.807, 2.05) is 13.8 Å². The summed E-state index contributed by atoms with van der Waals surface area (Å²) in [4.78, 5) is 25.7. The lowest BCUT2D eigenvalue weighted by Crippen LogP contribution is -2.45. The molecule has 1 atom stereocenters. The van der Waals surface area contributed by atoms with Gasteiger partial charge in [0.2, 0.25) is 5.91 Å². The fraction of sp³-hybridized carbons (Fsp3) is 0.417. The number of carbonyl (C=O) groups excluding carboxylic acids is 2. The Morgan fingerprint density at radius 1 is 1.19 bits per heavy atom. The van der Waals surface area contributed by atoms with E-state index in [0.717, 1.165) is 6.42 Å². The largest absolute Gasteiger partial charge is 0.490 e. The number of carbonyl (C=O) groups is 2. The van der Waals surface area contributed by atoms with Crippen molar-refractivity contribution in [2.75, 3.05) is 25.6 Å². The maximum atomic E-state index is 14.6. The monoisotopic (exact) mass is 429 g/mol. The van der Waals surface area contributed by atoms with Crippen LogP contribution in [0.3, 0.4) is 0 Å². The molecule has 31 heavy (non-hydrogen) atoms. The van der Waals surface area contributed by atoms with Crippen molar-refractivity contribution in [3.05, 3.63) is 59.4 Å². The predicted molar refractivity (Wildman–Crippen MR) is 115 cm³/mol. The first kappa shape index (κ1) is 22.7. The molecular formula is C24H28FNO5. The molecule has 0 aliphatic carbocycles. The Morgan fingerprint density at radius 3 is 2.55 bits per heavy atom. The van der Waals surface area contributed by atoms with Crippen molar-refractivity contribution < 1.29 is 28.2 Å². The topological polar surface area (TPSA) is 73.9 Å². The van der Waals surface area contributed by atoms with Crippen LogP contribution in [0.15, 0.2) is 42.5 Å². The van der Waals surface area contributed by atoms with Crippen LogP contribution in [0.1, 0.15) is 49.0 Å². The van der Waals surface area contributed by atoms with Crippen molar-refractivity contribution in [1.82, 2.24) is 0 Å². The second kappa shape index (κ2) is 9.92. The molecule has 6 nitrogen and oxygen atoms in total. The van der Waals surface area contributed by atoms with Crippen molar-refractivity contribution in [2.45, 2.75) is 44.6 Å². The molecule has 0 spiro atoms. The lowest BCUT2D eigenvalue weighted by Gasteiger charge is -2.36. The molecule has 166 valence electrons. The molecule has 1 fully saturated rings. The summed E-state index contributed by atoms with van der Waals surface area (Å²) in [7, 11) is 1.29. The second-order valence-electron chi connectivity index (χ2n) is 7.67. The summed E-state index contributed by atoms with van der Waals surface area (Å²) >= 11 is 0. The van der Waals surface area contributed by atoms with Crippen LogP contribution in [0, 0.1) is 5.82 Å². The first-order valence-corrected chi connectivity index (χ1v) is 10.4. The standard InChI is InChI=1S/C24H28FNO5/c1-4-16(2)31-21-10-9-17(15-18(21)22(27)29-3)26-23(28)24(11-13-30-14-12-24)19-7-5-6-8-20(19)25/h5-10,15-16H,4,11-14H2,1-3H3,(H,26,28)/t16-/m0/s1. The molecule has 1 heterocycles. The molecule has 1 amide bonds. The fourth-order valence-corrected chi connectivity index (χ4v) is 3.72. The van der Waals surface area contributed by atoms with E-state index in [9.17, 15) is 14.0 Å². The van der Waals surface area contributed by atoms with Gasteiger partial charge in [-0.05, 0) is 50.5 Å². The van der Waals surface area contributed by atoms with Crippen LogP contribution in [-0.2, 0) is 19.7 Å². The zero-order valence-corrected chi connectivity index (χ0v) is 18.1. The van der Waals surface area contributed by atoms with Crippen molar-refractivity contribution in [2.24, 2.45) is 0 Å². The van der Waals surface area contributed by atoms with E-state index in [0.29, 0.717) is 43.1 Å². The molecule has 1 aliphatic heterocycles. The van der Waals surface area contributed by atoms with Crippen LogP contribution in [0.5, 0.6) is 5.75 Å². The number of hydrogen-bond acceptors (Lipinski definition) is 5. The molecule has 0 aromatic heterocycles. The third-order valence-corrected chi connectivity index (χ3v) is 5.72. The van der Waals surface area contributed by atoms with E-state index in [1.165, 1.54) is 19.2 Å². The number of benzene rings is 2. The van der Waals surface area contributed by atoms with Gasteiger partial charge in [0.15, 0.2) is 0 Å². The Balaban J connectivity index is 1.93. The van der Waals surface area contributed by atoms with Gasteiger partial charge in [0, 0.05) is 24.5 Å². The Bertz CT molecular complexity index is 939. The highest BCUT2D eigenvalue weighted by atomic mass is 19.1. The fourth-order valence-electron chi connectivity index (χ4n) is 3.72. The molecule has 1 aliphatic rings. The highest BCUT2D eigenvalue weighted by Crippen LogP contribution is 2.38. The molecule has 0 saturated carbocycles. The van der Waals surface area contributed by atoms with E-state index in [2.05, 4.69) is 5.32 Å². The van der Waals surface area contributed by atoms with Crippen molar-refractivity contribution in [3.63, 3.8) is 0 Å². The summed E-state index contributed by atoms with van der Waals surface area (Å²) < 4.78 is 30.8. The van der Waals surface area contributed by atoms with Gasteiger partial charge in [-0.15, -0.1) is 0 Å². The molecular weight excluding hydrogens is 401 g/mol. The Kier molecular flexibility index (Phi) is 7.28. The number of amides is 1. The second-order valence-corrected chi connectivity index (χ2v) is 7.67. The minimum atomic E-state index is -1.05. The highest BCUT2D eigenvalue weighted by Gasteiger charge is 2.43. The first-order valence-electron chi connectivity index (χ1n) is 10.4. The number of methoxy groups -OCH3 is 1. The molecule has 0 radical (unpaired) electrons. The van der Waals surface area contributed by atoms with Crippen LogP contribution < -0.4 is 10.1 Å². The minimum Gasteiger partial charge on any atom is -0.490 e. The van der Waals surface area contributed by atoms with Crippen LogP contribution in [0.2, 0.25) is 0 Å². The zero-order valence-electron chi connectivity index (χ0n) is 18.1. The van der Waals surface area contributed by atoms with E-state index in [1.54, 1.807) is 30.3 Å². The third kappa shape index (κ3) is 4.88.